The Morgan fingerprint density at radius 3 is 2.00 bits per heavy atom. The highest BCUT2D eigenvalue weighted by atomic mass is 19.4. The third-order valence-corrected chi connectivity index (χ3v) is 1.82. The van der Waals surface area contributed by atoms with Crippen molar-refractivity contribution in [2.45, 2.75) is 52.5 Å². The zero-order valence-electron chi connectivity index (χ0n) is 8.32. The average Bonchev–Trinajstić information content (AvgIpc) is 1.95. The van der Waals surface area contributed by atoms with Crippen molar-refractivity contribution in [3.8, 4) is 0 Å². The molecule has 0 N–H and O–H groups in total. The predicted octanol–water partition coefficient (Wildman–Crippen LogP) is 3.74. The molecule has 0 bridgehead atoms. The van der Waals surface area contributed by atoms with Gasteiger partial charge in [0.2, 0.25) is 0 Å². The molecule has 0 aliphatic heterocycles. The molecule has 0 rings (SSSR count). The maximum Gasteiger partial charge on any atom is 0.522 e. The summed E-state index contributed by atoms with van der Waals surface area (Å²) in [6, 6.07) is 0. The van der Waals surface area contributed by atoms with Crippen LogP contribution in [0.15, 0.2) is 0 Å². The van der Waals surface area contributed by atoms with Crippen LogP contribution in [0.4, 0.5) is 13.2 Å². The van der Waals surface area contributed by atoms with Crippen molar-refractivity contribution in [2.24, 2.45) is 5.92 Å². The van der Waals surface area contributed by atoms with E-state index in [1.165, 1.54) is 0 Å². The van der Waals surface area contributed by atoms with Crippen LogP contribution in [0.1, 0.15) is 40.0 Å². The second-order valence-corrected chi connectivity index (χ2v) is 3.57. The summed E-state index contributed by atoms with van der Waals surface area (Å²) in [5, 5.41) is 0. The summed E-state index contributed by atoms with van der Waals surface area (Å²) >= 11 is 0. The molecule has 0 spiro atoms. The molecular weight excluding hydrogens is 181 g/mol. The van der Waals surface area contributed by atoms with E-state index in [9.17, 15) is 13.2 Å². The maximum absolute atomic E-state index is 11.8. The van der Waals surface area contributed by atoms with Crippen LogP contribution in [0.25, 0.3) is 0 Å². The van der Waals surface area contributed by atoms with Gasteiger partial charge in [-0.25, -0.2) is 0 Å². The number of hydrogen-bond acceptors (Lipinski definition) is 1. The van der Waals surface area contributed by atoms with Crippen molar-refractivity contribution in [3.05, 3.63) is 0 Å². The van der Waals surface area contributed by atoms with Gasteiger partial charge in [0.15, 0.2) is 0 Å². The predicted molar refractivity (Wildman–Crippen MR) is 45.3 cm³/mol. The summed E-state index contributed by atoms with van der Waals surface area (Å²) in [6.45, 7) is 5.68. The Morgan fingerprint density at radius 1 is 1.15 bits per heavy atom. The van der Waals surface area contributed by atoms with Crippen molar-refractivity contribution < 1.29 is 17.9 Å². The minimum atomic E-state index is -4.49. The normalized spacial score (nSPS) is 15.0. The Kier molecular flexibility index (Phi) is 5.37. The lowest BCUT2D eigenvalue weighted by Gasteiger charge is -2.18. The highest BCUT2D eigenvalue weighted by Crippen LogP contribution is 2.23. The first kappa shape index (κ1) is 12.8. The lowest BCUT2D eigenvalue weighted by atomic mass is 10.0. The van der Waals surface area contributed by atoms with E-state index < -0.39 is 12.5 Å². The monoisotopic (exact) mass is 198 g/mol. The molecule has 0 aromatic carbocycles. The van der Waals surface area contributed by atoms with Gasteiger partial charge in [0, 0.05) is 0 Å². The number of ether oxygens (including phenoxy) is 1. The smallest absolute Gasteiger partial charge is 0.289 e. The Bertz CT molecular complexity index is 131. The van der Waals surface area contributed by atoms with Crippen LogP contribution in [0.5, 0.6) is 0 Å². The largest absolute Gasteiger partial charge is 0.522 e. The molecule has 0 heterocycles. The highest BCUT2D eigenvalue weighted by Gasteiger charge is 2.32. The summed E-state index contributed by atoms with van der Waals surface area (Å²) in [6.07, 6.45) is -3.51. The van der Waals surface area contributed by atoms with E-state index >= 15 is 0 Å². The standard InChI is InChI=1S/C9H17F3O/c1-4-8(6-5-7(2)3)13-9(10,11)12/h7-8H,4-6H2,1-3H3. The van der Waals surface area contributed by atoms with Gasteiger partial charge in [-0.3, -0.25) is 4.74 Å². The van der Waals surface area contributed by atoms with Crippen LogP contribution in [-0.2, 0) is 4.74 Å². The van der Waals surface area contributed by atoms with Crippen molar-refractivity contribution in [1.82, 2.24) is 0 Å². The topological polar surface area (TPSA) is 9.23 Å². The Morgan fingerprint density at radius 2 is 1.69 bits per heavy atom. The summed E-state index contributed by atoms with van der Waals surface area (Å²) in [5.41, 5.74) is 0. The van der Waals surface area contributed by atoms with Crippen LogP contribution in [0.2, 0.25) is 0 Å². The van der Waals surface area contributed by atoms with E-state index in [2.05, 4.69) is 4.74 Å². The fourth-order valence-corrected chi connectivity index (χ4v) is 1.05. The van der Waals surface area contributed by atoms with Gasteiger partial charge in [-0.15, -0.1) is 13.2 Å². The lowest BCUT2D eigenvalue weighted by Crippen LogP contribution is -2.23. The zero-order chi connectivity index (χ0) is 10.5. The molecule has 0 aromatic rings. The van der Waals surface area contributed by atoms with Crippen molar-refractivity contribution in [1.29, 1.82) is 0 Å². The summed E-state index contributed by atoms with van der Waals surface area (Å²) in [7, 11) is 0. The van der Waals surface area contributed by atoms with Crippen molar-refractivity contribution in [2.75, 3.05) is 0 Å². The molecule has 0 aromatic heterocycles. The fraction of sp³-hybridized carbons (Fsp3) is 1.00. The van der Waals surface area contributed by atoms with Crippen LogP contribution in [-0.4, -0.2) is 12.5 Å². The Balaban J connectivity index is 3.76. The van der Waals surface area contributed by atoms with E-state index in [4.69, 9.17) is 0 Å². The van der Waals surface area contributed by atoms with Crippen LogP contribution in [0, 0.1) is 5.92 Å². The Hall–Kier alpha value is -0.250. The third kappa shape index (κ3) is 8.09. The second-order valence-electron chi connectivity index (χ2n) is 3.57. The lowest BCUT2D eigenvalue weighted by molar-refractivity contribution is -0.343. The van der Waals surface area contributed by atoms with Crippen LogP contribution >= 0.6 is 0 Å². The van der Waals surface area contributed by atoms with Crippen molar-refractivity contribution >= 4 is 0 Å². The van der Waals surface area contributed by atoms with Gasteiger partial charge in [-0.05, 0) is 25.2 Å². The minimum Gasteiger partial charge on any atom is -0.289 e. The molecular formula is C9H17F3O. The van der Waals surface area contributed by atoms with Gasteiger partial charge in [0.05, 0.1) is 6.10 Å². The number of hydrogen-bond donors (Lipinski definition) is 0. The molecule has 1 atom stereocenters. The molecule has 1 unspecified atom stereocenters. The molecule has 80 valence electrons. The van der Waals surface area contributed by atoms with E-state index in [-0.39, 0.29) is 0 Å². The number of rotatable bonds is 5. The summed E-state index contributed by atoms with van der Waals surface area (Å²) in [5.74, 6) is 0.422. The first-order valence-electron chi connectivity index (χ1n) is 4.59. The molecule has 0 aliphatic rings. The Labute approximate surface area is 77.3 Å². The zero-order valence-corrected chi connectivity index (χ0v) is 8.32. The summed E-state index contributed by atoms with van der Waals surface area (Å²) in [4.78, 5) is 0. The second kappa shape index (κ2) is 5.47. The van der Waals surface area contributed by atoms with Crippen LogP contribution < -0.4 is 0 Å². The molecule has 1 nitrogen and oxygen atoms in total. The van der Waals surface area contributed by atoms with Crippen LogP contribution in [0.3, 0.4) is 0 Å². The highest BCUT2D eigenvalue weighted by molar-refractivity contribution is 4.58. The maximum atomic E-state index is 11.8. The SMILES string of the molecule is CCC(CCC(C)C)OC(F)(F)F. The number of alkyl halides is 3. The van der Waals surface area contributed by atoms with Gasteiger partial charge in [-0.2, -0.15) is 0 Å². The quantitative estimate of drug-likeness (QED) is 0.653. The molecule has 0 saturated carbocycles. The summed E-state index contributed by atoms with van der Waals surface area (Å²) < 4.78 is 39.3. The molecule has 0 amide bonds. The van der Waals surface area contributed by atoms with E-state index in [1.54, 1.807) is 6.92 Å². The minimum absolute atomic E-state index is 0.409. The van der Waals surface area contributed by atoms with E-state index in [0.717, 1.165) is 6.42 Å². The van der Waals surface area contributed by atoms with Gasteiger partial charge in [0.1, 0.15) is 0 Å². The molecule has 13 heavy (non-hydrogen) atoms. The number of halogens is 3. The first-order valence-corrected chi connectivity index (χ1v) is 4.59. The molecule has 0 radical (unpaired) electrons. The fourth-order valence-electron chi connectivity index (χ4n) is 1.05. The van der Waals surface area contributed by atoms with E-state index in [1.807, 2.05) is 13.8 Å². The molecule has 0 saturated heterocycles. The molecule has 0 aliphatic carbocycles. The first-order chi connectivity index (χ1) is 5.85. The van der Waals surface area contributed by atoms with Crippen molar-refractivity contribution in [3.63, 3.8) is 0 Å². The average molecular weight is 198 g/mol. The third-order valence-electron chi connectivity index (χ3n) is 1.82. The molecule has 4 heteroatoms. The van der Waals surface area contributed by atoms with Gasteiger partial charge >= 0.3 is 6.36 Å². The van der Waals surface area contributed by atoms with Gasteiger partial charge < -0.3 is 0 Å². The van der Waals surface area contributed by atoms with Gasteiger partial charge in [0.25, 0.3) is 0 Å². The molecule has 0 fully saturated rings. The van der Waals surface area contributed by atoms with E-state index in [0.29, 0.717) is 18.8 Å². The van der Waals surface area contributed by atoms with Gasteiger partial charge in [-0.1, -0.05) is 20.8 Å².